The zero-order valence-corrected chi connectivity index (χ0v) is 27.7. The van der Waals surface area contributed by atoms with E-state index in [1.165, 1.54) is 52.8 Å². The SMILES string of the molecule is c1ccc(-n2c3ccccc3c3c(N(c4ccc5c(c4)oc4ccc6ccccc6c45)c4ccc5sc6ccccc6c5c4)cccc32)cc1. The third-order valence-electron chi connectivity index (χ3n) is 10.2. The normalized spacial score (nSPS) is 12.0. The van der Waals surface area contributed by atoms with Crippen molar-refractivity contribution in [2.45, 2.75) is 0 Å². The molecule has 0 fully saturated rings. The predicted octanol–water partition coefficient (Wildman–Crippen LogP) is 13.7. The number of para-hydroxylation sites is 2. The van der Waals surface area contributed by atoms with E-state index in [1.54, 1.807) is 0 Å². The van der Waals surface area contributed by atoms with Gasteiger partial charge in [0.15, 0.2) is 0 Å². The number of fused-ring (bicyclic) bond motifs is 11. The number of hydrogen-bond donors (Lipinski definition) is 0. The molecule has 3 aromatic heterocycles. The van der Waals surface area contributed by atoms with E-state index >= 15 is 0 Å². The van der Waals surface area contributed by atoms with Crippen LogP contribution in [0, 0.1) is 0 Å². The lowest BCUT2D eigenvalue weighted by Gasteiger charge is -2.26. The van der Waals surface area contributed by atoms with Gasteiger partial charge in [-0.05, 0) is 83.6 Å². The summed E-state index contributed by atoms with van der Waals surface area (Å²) in [4.78, 5) is 2.42. The van der Waals surface area contributed by atoms with E-state index in [0.29, 0.717) is 0 Å². The molecule has 0 saturated heterocycles. The molecule has 0 atom stereocenters. The van der Waals surface area contributed by atoms with Crippen molar-refractivity contribution in [3.63, 3.8) is 0 Å². The van der Waals surface area contributed by atoms with Crippen LogP contribution in [0.4, 0.5) is 17.1 Å². The molecule has 0 aliphatic heterocycles. The van der Waals surface area contributed by atoms with Gasteiger partial charge in [0.2, 0.25) is 0 Å². The molecule has 0 saturated carbocycles. The molecule has 0 unspecified atom stereocenters. The molecule has 0 aliphatic carbocycles. The van der Waals surface area contributed by atoms with Crippen molar-refractivity contribution < 1.29 is 4.42 Å². The highest BCUT2D eigenvalue weighted by Crippen LogP contribution is 2.47. The largest absolute Gasteiger partial charge is 0.456 e. The predicted molar refractivity (Wildman–Crippen MR) is 213 cm³/mol. The molecule has 4 heteroatoms. The first-order valence-electron chi connectivity index (χ1n) is 16.9. The van der Waals surface area contributed by atoms with Crippen LogP contribution >= 0.6 is 11.3 Å². The summed E-state index contributed by atoms with van der Waals surface area (Å²) in [6.07, 6.45) is 0. The monoisotopic (exact) mass is 656 g/mol. The summed E-state index contributed by atoms with van der Waals surface area (Å²) in [5, 5.41) is 9.68. The van der Waals surface area contributed by atoms with Crippen LogP contribution in [0.15, 0.2) is 174 Å². The highest BCUT2D eigenvalue weighted by atomic mass is 32.1. The Kier molecular flexibility index (Phi) is 5.83. The van der Waals surface area contributed by atoms with Gasteiger partial charge in [0.05, 0.1) is 16.7 Å². The van der Waals surface area contributed by atoms with Gasteiger partial charge in [-0.1, -0.05) is 91.0 Å². The van der Waals surface area contributed by atoms with E-state index in [9.17, 15) is 0 Å². The molecule has 0 bridgehead atoms. The second-order valence-corrected chi connectivity index (χ2v) is 14.0. The fraction of sp³-hybridized carbons (Fsp3) is 0. The number of anilines is 3. The Morgan fingerprint density at radius 3 is 2.08 bits per heavy atom. The maximum Gasteiger partial charge on any atom is 0.137 e. The van der Waals surface area contributed by atoms with Crippen molar-refractivity contribution in [3.8, 4) is 5.69 Å². The molecule has 234 valence electrons. The van der Waals surface area contributed by atoms with Gasteiger partial charge in [0.1, 0.15) is 11.2 Å². The zero-order chi connectivity index (χ0) is 32.8. The third-order valence-corrected chi connectivity index (χ3v) is 11.3. The highest BCUT2D eigenvalue weighted by Gasteiger charge is 2.23. The van der Waals surface area contributed by atoms with Gasteiger partial charge in [-0.25, -0.2) is 0 Å². The van der Waals surface area contributed by atoms with Gasteiger partial charge < -0.3 is 13.9 Å². The topological polar surface area (TPSA) is 21.3 Å². The maximum absolute atomic E-state index is 6.63. The summed E-state index contributed by atoms with van der Waals surface area (Å²) in [6.45, 7) is 0. The smallest absolute Gasteiger partial charge is 0.137 e. The standard InChI is InChI=1S/C46H28N2OS/c1-2-12-30(13-3-1)48-38-17-8-6-16-35(38)46-39(18-10-19-40(46)48)47(31-23-26-44-37(27-31)34-15-7-9-20-43(34)50-44)32-22-24-36-42(28-32)49-41-25-21-29-11-4-5-14-33(29)45(36)41/h1-28H. The lowest BCUT2D eigenvalue weighted by atomic mass is 10.0. The van der Waals surface area contributed by atoms with Gasteiger partial charge >= 0.3 is 0 Å². The fourth-order valence-electron chi connectivity index (χ4n) is 8.00. The summed E-state index contributed by atoms with van der Waals surface area (Å²) in [6, 6.07) is 61.3. The van der Waals surface area contributed by atoms with Crippen LogP contribution in [-0.4, -0.2) is 4.57 Å². The second kappa shape index (κ2) is 10.6. The minimum Gasteiger partial charge on any atom is -0.456 e. The fourth-order valence-corrected chi connectivity index (χ4v) is 9.08. The minimum absolute atomic E-state index is 0.875. The first kappa shape index (κ1) is 27.6. The van der Waals surface area contributed by atoms with Crippen LogP contribution in [0.2, 0.25) is 0 Å². The molecule has 0 amide bonds. The van der Waals surface area contributed by atoms with Gasteiger partial charge in [-0.3, -0.25) is 0 Å². The minimum atomic E-state index is 0.875. The maximum atomic E-state index is 6.63. The van der Waals surface area contributed by atoms with Crippen molar-refractivity contribution in [2.75, 3.05) is 4.90 Å². The van der Waals surface area contributed by atoms with Crippen LogP contribution < -0.4 is 4.90 Å². The number of benzene rings is 8. The molecule has 50 heavy (non-hydrogen) atoms. The molecule has 3 heterocycles. The van der Waals surface area contributed by atoms with Crippen molar-refractivity contribution in [3.05, 3.63) is 170 Å². The highest BCUT2D eigenvalue weighted by molar-refractivity contribution is 7.25. The molecule has 8 aromatic carbocycles. The number of furan rings is 1. The number of nitrogens with zero attached hydrogens (tertiary/aromatic N) is 2. The molecular formula is C46H28N2OS. The van der Waals surface area contributed by atoms with Crippen molar-refractivity contribution in [1.82, 2.24) is 4.57 Å². The van der Waals surface area contributed by atoms with E-state index in [4.69, 9.17) is 4.42 Å². The van der Waals surface area contributed by atoms with Gasteiger partial charge in [-0.15, -0.1) is 11.3 Å². The molecule has 11 aromatic rings. The van der Waals surface area contributed by atoms with E-state index < -0.39 is 0 Å². The van der Waals surface area contributed by atoms with Crippen molar-refractivity contribution in [1.29, 1.82) is 0 Å². The Hall–Kier alpha value is -6.36. The summed E-state index contributed by atoms with van der Waals surface area (Å²) in [7, 11) is 0. The molecule has 11 rings (SSSR count). The second-order valence-electron chi connectivity index (χ2n) is 12.9. The van der Waals surface area contributed by atoms with Crippen LogP contribution in [0.1, 0.15) is 0 Å². The van der Waals surface area contributed by atoms with Gasteiger partial charge in [-0.2, -0.15) is 0 Å². The number of thiophene rings is 1. The van der Waals surface area contributed by atoms with E-state index in [-0.39, 0.29) is 0 Å². The average Bonchev–Trinajstić information content (AvgIpc) is 3.85. The van der Waals surface area contributed by atoms with Crippen LogP contribution in [-0.2, 0) is 0 Å². The van der Waals surface area contributed by atoms with Crippen molar-refractivity contribution >= 4 is 103 Å². The van der Waals surface area contributed by atoms with Gasteiger partial charge in [0.25, 0.3) is 0 Å². The number of aromatic nitrogens is 1. The Morgan fingerprint density at radius 2 is 1.16 bits per heavy atom. The molecule has 0 spiro atoms. The lowest BCUT2D eigenvalue weighted by molar-refractivity contribution is 0.669. The first-order chi connectivity index (χ1) is 24.8. The van der Waals surface area contributed by atoms with Crippen LogP contribution in [0.3, 0.4) is 0 Å². The summed E-state index contributed by atoms with van der Waals surface area (Å²) in [5.74, 6) is 0. The molecule has 0 aliphatic rings. The third kappa shape index (κ3) is 3.97. The average molecular weight is 657 g/mol. The Bertz CT molecular complexity index is 3110. The zero-order valence-electron chi connectivity index (χ0n) is 26.9. The van der Waals surface area contributed by atoms with Crippen LogP contribution in [0.25, 0.3) is 80.4 Å². The van der Waals surface area contributed by atoms with E-state index in [2.05, 4.69) is 179 Å². The summed E-state index contributed by atoms with van der Waals surface area (Å²) >= 11 is 1.85. The summed E-state index contributed by atoms with van der Waals surface area (Å²) in [5.41, 5.74) is 8.53. The number of rotatable bonds is 4. The van der Waals surface area contributed by atoms with E-state index in [1.807, 2.05) is 11.3 Å². The number of hydrogen-bond acceptors (Lipinski definition) is 3. The molecule has 0 N–H and O–H groups in total. The quantitative estimate of drug-likeness (QED) is 0.188. The molecule has 3 nitrogen and oxygen atoms in total. The van der Waals surface area contributed by atoms with Crippen molar-refractivity contribution in [2.24, 2.45) is 0 Å². The summed E-state index contributed by atoms with van der Waals surface area (Å²) < 4.78 is 11.6. The van der Waals surface area contributed by atoms with Gasteiger partial charge in [0, 0.05) is 64.8 Å². The van der Waals surface area contributed by atoms with Crippen LogP contribution in [0.5, 0.6) is 0 Å². The van der Waals surface area contributed by atoms with E-state index in [0.717, 1.165) is 44.7 Å². The Balaban J connectivity index is 1.22. The Labute approximate surface area is 291 Å². The Morgan fingerprint density at radius 1 is 0.440 bits per heavy atom. The lowest BCUT2D eigenvalue weighted by Crippen LogP contribution is -2.10. The first-order valence-corrected chi connectivity index (χ1v) is 17.7. The molecule has 0 radical (unpaired) electrons. The molecular weight excluding hydrogens is 629 g/mol.